The van der Waals surface area contributed by atoms with Crippen molar-refractivity contribution in [1.29, 1.82) is 0 Å². The summed E-state index contributed by atoms with van der Waals surface area (Å²) >= 11 is 0. The molecule has 2 aromatic carbocycles. The number of piperidine rings is 1. The molecule has 2 aromatic rings. The molecule has 26 heavy (non-hydrogen) atoms. The summed E-state index contributed by atoms with van der Waals surface area (Å²) in [4.78, 5) is 25.2. The van der Waals surface area contributed by atoms with E-state index in [9.17, 15) is 14.9 Å². The monoisotopic (exact) mass is 353 g/mol. The Hall–Kier alpha value is -2.89. The number of anilines is 1. The molecule has 0 spiro atoms. The van der Waals surface area contributed by atoms with Crippen molar-refractivity contribution in [2.45, 2.75) is 19.8 Å². The summed E-state index contributed by atoms with van der Waals surface area (Å²) in [6, 6.07) is 14.4. The normalized spacial score (nSPS) is 14.9. The summed E-state index contributed by atoms with van der Waals surface area (Å²) in [5.74, 6) is 0.473. The molecule has 136 valence electrons. The van der Waals surface area contributed by atoms with Gasteiger partial charge in [-0.15, -0.1) is 0 Å². The second kappa shape index (κ2) is 7.99. The highest BCUT2D eigenvalue weighted by Gasteiger charge is 2.24. The first-order valence-electron chi connectivity index (χ1n) is 8.88. The van der Waals surface area contributed by atoms with Crippen molar-refractivity contribution in [2.24, 2.45) is 5.92 Å². The maximum atomic E-state index is 12.5. The van der Waals surface area contributed by atoms with Crippen LogP contribution in [-0.2, 0) is 0 Å². The molecule has 1 aliphatic rings. The van der Waals surface area contributed by atoms with Gasteiger partial charge < -0.3 is 10.2 Å². The van der Waals surface area contributed by atoms with Crippen molar-refractivity contribution in [3.8, 4) is 0 Å². The molecular weight excluding hydrogens is 330 g/mol. The van der Waals surface area contributed by atoms with Crippen molar-refractivity contribution < 1.29 is 9.72 Å². The van der Waals surface area contributed by atoms with E-state index in [1.807, 2.05) is 48.2 Å². The Bertz CT molecular complexity index is 784. The van der Waals surface area contributed by atoms with Crippen LogP contribution < -0.4 is 5.32 Å². The number of hydrogen-bond donors (Lipinski definition) is 1. The number of benzene rings is 2. The predicted molar refractivity (Wildman–Crippen MR) is 101 cm³/mol. The number of likely N-dealkylation sites (tertiary alicyclic amines) is 1. The number of nitrogens with one attached hydrogen (secondary N) is 1. The maximum absolute atomic E-state index is 12.5. The van der Waals surface area contributed by atoms with Crippen LogP contribution in [0.4, 0.5) is 11.4 Å². The van der Waals surface area contributed by atoms with Gasteiger partial charge in [0.05, 0.1) is 4.92 Å². The molecule has 1 amide bonds. The Labute approximate surface area is 153 Å². The van der Waals surface area contributed by atoms with Crippen LogP contribution in [0.1, 0.15) is 28.8 Å². The van der Waals surface area contributed by atoms with E-state index in [4.69, 9.17) is 0 Å². The second-order valence-corrected chi connectivity index (χ2v) is 6.71. The van der Waals surface area contributed by atoms with Crippen LogP contribution in [0.25, 0.3) is 0 Å². The van der Waals surface area contributed by atoms with Crippen LogP contribution in [-0.4, -0.2) is 35.4 Å². The first kappa shape index (κ1) is 17.9. The van der Waals surface area contributed by atoms with Crippen LogP contribution in [0, 0.1) is 23.0 Å². The van der Waals surface area contributed by atoms with E-state index in [1.54, 1.807) is 6.07 Å². The first-order valence-corrected chi connectivity index (χ1v) is 8.88. The standard InChI is InChI=1S/C20H23N3O3/c1-15-6-5-9-18(23(25)26)19(15)21-14-16-10-12-22(13-11-16)20(24)17-7-3-2-4-8-17/h2-9,16,21H,10-14H2,1H3. The van der Waals surface area contributed by atoms with Gasteiger partial charge >= 0.3 is 0 Å². The lowest BCUT2D eigenvalue weighted by molar-refractivity contribution is -0.384. The van der Waals surface area contributed by atoms with E-state index in [1.165, 1.54) is 6.07 Å². The summed E-state index contributed by atoms with van der Waals surface area (Å²) in [5, 5.41) is 14.5. The number of para-hydroxylation sites is 1. The Balaban J connectivity index is 1.55. The summed E-state index contributed by atoms with van der Waals surface area (Å²) in [5.41, 5.74) is 2.30. The van der Waals surface area contributed by atoms with Gasteiger partial charge in [-0.1, -0.05) is 30.3 Å². The molecule has 0 aromatic heterocycles. The second-order valence-electron chi connectivity index (χ2n) is 6.71. The van der Waals surface area contributed by atoms with Crippen molar-refractivity contribution >= 4 is 17.3 Å². The SMILES string of the molecule is Cc1cccc([N+](=O)[O-])c1NCC1CCN(C(=O)c2ccccc2)CC1. The number of rotatable bonds is 5. The van der Waals surface area contributed by atoms with E-state index in [-0.39, 0.29) is 16.5 Å². The van der Waals surface area contributed by atoms with E-state index in [0.717, 1.165) is 37.1 Å². The fraction of sp³-hybridized carbons (Fsp3) is 0.350. The zero-order chi connectivity index (χ0) is 18.5. The van der Waals surface area contributed by atoms with Gasteiger partial charge in [0.25, 0.3) is 11.6 Å². The molecule has 0 unspecified atom stereocenters. The third-order valence-corrected chi connectivity index (χ3v) is 4.94. The van der Waals surface area contributed by atoms with Crippen molar-refractivity contribution in [1.82, 2.24) is 4.90 Å². The average Bonchev–Trinajstić information content (AvgIpc) is 2.67. The van der Waals surface area contributed by atoms with Gasteiger partial charge in [-0.3, -0.25) is 14.9 Å². The number of hydrogen-bond acceptors (Lipinski definition) is 4. The van der Waals surface area contributed by atoms with Crippen LogP contribution in [0.2, 0.25) is 0 Å². The number of aryl methyl sites for hydroxylation is 1. The number of carbonyl (C=O) groups excluding carboxylic acids is 1. The number of nitro groups is 1. The summed E-state index contributed by atoms with van der Waals surface area (Å²) < 4.78 is 0. The summed E-state index contributed by atoms with van der Waals surface area (Å²) in [6.07, 6.45) is 1.79. The molecule has 0 radical (unpaired) electrons. The van der Waals surface area contributed by atoms with Gasteiger partial charge in [0, 0.05) is 31.3 Å². The van der Waals surface area contributed by atoms with E-state index in [0.29, 0.717) is 18.2 Å². The lowest BCUT2D eigenvalue weighted by atomic mass is 9.96. The molecule has 0 aliphatic carbocycles. The van der Waals surface area contributed by atoms with Gasteiger partial charge in [0.2, 0.25) is 0 Å². The molecule has 3 rings (SSSR count). The van der Waals surface area contributed by atoms with Crippen LogP contribution >= 0.6 is 0 Å². The van der Waals surface area contributed by atoms with E-state index < -0.39 is 0 Å². The minimum Gasteiger partial charge on any atom is -0.379 e. The van der Waals surface area contributed by atoms with Gasteiger partial charge in [-0.05, 0) is 43.4 Å². The zero-order valence-electron chi connectivity index (χ0n) is 14.9. The van der Waals surface area contributed by atoms with Crippen molar-refractivity contribution in [3.63, 3.8) is 0 Å². The third-order valence-electron chi connectivity index (χ3n) is 4.94. The maximum Gasteiger partial charge on any atom is 0.292 e. The fourth-order valence-corrected chi connectivity index (χ4v) is 3.38. The lowest BCUT2D eigenvalue weighted by Gasteiger charge is -2.32. The molecule has 0 saturated carbocycles. The highest BCUT2D eigenvalue weighted by Crippen LogP contribution is 2.29. The molecule has 1 heterocycles. The molecule has 0 atom stereocenters. The van der Waals surface area contributed by atoms with Gasteiger partial charge in [-0.25, -0.2) is 0 Å². The van der Waals surface area contributed by atoms with Gasteiger partial charge in [0.15, 0.2) is 0 Å². The van der Waals surface area contributed by atoms with Gasteiger partial charge in [0.1, 0.15) is 5.69 Å². The summed E-state index contributed by atoms with van der Waals surface area (Å²) in [6.45, 7) is 3.99. The largest absolute Gasteiger partial charge is 0.379 e. The molecular formula is C20H23N3O3. The van der Waals surface area contributed by atoms with Crippen LogP contribution in [0.3, 0.4) is 0 Å². The summed E-state index contributed by atoms with van der Waals surface area (Å²) in [7, 11) is 0. The third kappa shape index (κ3) is 4.02. The molecule has 1 fully saturated rings. The highest BCUT2D eigenvalue weighted by molar-refractivity contribution is 5.94. The van der Waals surface area contributed by atoms with Crippen molar-refractivity contribution in [2.75, 3.05) is 25.0 Å². The minimum atomic E-state index is -0.351. The van der Waals surface area contributed by atoms with Crippen LogP contribution in [0.15, 0.2) is 48.5 Å². The molecule has 1 saturated heterocycles. The van der Waals surface area contributed by atoms with E-state index in [2.05, 4.69) is 5.32 Å². The first-order chi connectivity index (χ1) is 12.6. The molecule has 0 bridgehead atoms. The lowest BCUT2D eigenvalue weighted by Crippen LogP contribution is -2.39. The topological polar surface area (TPSA) is 75.5 Å². The van der Waals surface area contributed by atoms with Crippen molar-refractivity contribution in [3.05, 3.63) is 69.8 Å². The average molecular weight is 353 g/mol. The van der Waals surface area contributed by atoms with E-state index >= 15 is 0 Å². The Morgan fingerprint density at radius 2 is 1.85 bits per heavy atom. The highest BCUT2D eigenvalue weighted by atomic mass is 16.6. The molecule has 6 heteroatoms. The number of nitro benzene ring substituents is 1. The molecule has 1 N–H and O–H groups in total. The smallest absolute Gasteiger partial charge is 0.292 e. The Kier molecular flexibility index (Phi) is 5.51. The molecule has 6 nitrogen and oxygen atoms in total. The zero-order valence-corrected chi connectivity index (χ0v) is 14.9. The quantitative estimate of drug-likeness (QED) is 0.654. The minimum absolute atomic E-state index is 0.0755. The Morgan fingerprint density at radius 1 is 1.15 bits per heavy atom. The molecule has 1 aliphatic heterocycles. The fourth-order valence-electron chi connectivity index (χ4n) is 3.38. The predicted octanol–water partition coefficient (Wildman–Crippen LogP) is 3.87. The van der Waals surface area contributed by atoms with Gasteiger partial charge in [-0.2, -0.15) is 0 Å². The van der Waals surface area contributed by atoms with Crippen LogP contribution in [0.5, 0.6) is 0 Å². The number of carbonyl (C=O) groups is 1. The Morgan fingerprint density at radius 3 is 2.50 bits per heavy atom. The number of amides is 1. The number of nitrogens with zero attached hydrogens (tertiary/aromatic N) is 2.